The Balaban J connectivity index is 2.34. The van der Waals surface area contributed by atoms with Crippen molar-refractivity contribution in [1.29, 1.82) is 0 Å². The van der Waals surface area contributed by atoms with Gasteiger partial charge in [-0.25, -0.2) is 9.78 Å². The minimum absolute atomic E-state index is 0.188. The van der Waals surface area contributed by atoms with Crippen molar-refractivity contribution in [1.82, 2.24) is 9.55 Å². The third-order valence-electron chi connectivity index (χ3n) is 2.28. The van der Waals surface area contributed by atoms with Gasteiger partial charge >= 0.3 is 5.97 Å². The molecule has 0 unspecified atom stereocenters. The molecule has 2 rings (SSSR count). The van der Waals surface area contributed by atoms with E-state index in [0.717, 1.165) is 11.8 Å². The molecule has 0 spiro atoms. The fourth-order valence-electron chi connectivity index (χ4n) is 1.35. The van der Waals surface area contributed by atoms with Crippen molar-refractivity contribution >= 4 is 17.7 Å². The first-order chi connectivity index (χ1) is 8.58. The summed E-state index contributed by atoms with van der Waals surface area (Å²) in [5, 5.41) is 9.21. The maximum absolute atomic E-state index is 11.8. The van der Waals surface area contributed by atoms with Gasteiger partial charge in [-0.15, -0.1) is 0 Å². The molecule has 0 bridgehead atoms. The zero-order chi connectivity index (χ0) is 13.1. The van der Waals surface area contributed by atoms with Gasteiger partial charge in [0, 0.05) is 24.3 Å². The van der Waals surface area contributed by atoms with Crippen LogP contribution in [0.1, 0.15) is 10.4 Å². The van der Waals surface area contributed by atoms with Gasteiger partial charge in [0.2, 0.25) is 0 Å². The van der Waals surface area contributed by atoms with Crippen LogP contribution in [0.3, 0.4) is 0 Å². The van der Waals surface area contributed by atoms with Crippen LogP contribution in [0.15, 0.2) is 51.4 Å². The molecular formula is C12H10N2O3S. The third kappa shape index (κ3) is 2.60. The van der Waals surface area contributed by atoms with E-state index in [1.807, 2.05) is 0 Å². The van der Waals surface area contributed by atoms with Crippen molar-refractivity contribution in [3.05, 3.63) is 52.6 Å². The largest absolute Gasteiger partial charge is 0.478 e. The zero-order valence-electron chi connectivity index (χ0n) is 9.53. The monoisotopic (exact) mass is 262 g/mol. The van der Waals surface area contributed by atoms with Gasteiger partial charge < -0.3 is 9.67 Å². The Labute approximate surface area is 107 Å². The van der Waals surface area contributed by atoms with E-state index in [4.69, 9.17) is 5.11 Å². The molecule has 0 atom stereocenters. The predicted octanol–water partition coefficient (Wildman–Crippen LogP) is 1.63. The molecular weight excluding hydrogens is 252 g/mol. The summed E-state index contributed by atoms with van der Waals surface area (Å²) in [6, 6.07) is 6.40. The summed E-state index contributed by atoms with van der Waals surface area (Å²) in [6.07, 6.45) is 3.10. The molecule has 92 valence electrons. The molecule has 0 saturated carbocycles. The third-order valence-corrected chi connectivity index (χ3v) is 3.24. The summed E-state index contributed by atoms with van der Waals surface area (Å²) in [5.74, 6) is -0.994. The Kier molecular flexibility index (Phi) is 3.47. The number of carboxylic acid groups (broad SMARTS) is 1. The van der Waals surface area contributed by atoms with Crippen molar-refractivity contribution in [2.24, 2.45) is 7.05 Å². The fraction of sp³-hybridized carbons (Fsp3) is 0.0833. The number of hydrogen-bond acceptors (Lipinski definition) is 4. The van der Waals surface area contributed by atoms with Crippen LogP contribution in [0.2, 0.25) is 0 Å². The van der Waals surface area contributed by atoms with Gasteiger partial charge in [0.15, 0.2) is 5.03 Å². The summed E-state index contributed by atoms with van der Waals surface area (Å²) >= 11 is 1.15. The highest BCUT2D eigenvalue weighted by Crippen LogP contribution is 2.23. The van der Waals surface area contributed by atoms with E-state index in [2.05, 4.69) is 4.98 Å². The number of nitrogens with zero attached hydrogens (tertiary/aromatic N) is 2. The molecule has 2 aromatic rings. The van der Waals surface area contributed by atoms with Crippen LogP contribution in [0.4, 0.5) is 0 Å². The smallest absolute Gasteiger partial charge is 0.335 e. The number of aromatic nitrogens is 2. The van der Waals surface area contributed by atoms with E-state index >= 15 is 0 Å². The molecule has 0 aliphatic heterocycles. The second-order valence-electron chi connectivity index (χ2n) is 3.58. The highest BCUT2D eigenvalue weighted by atomic mass is 32.2. The molecule has 1 aromatic carbocycles. The minimum Gasteiger partial charge on any atom is -0.478 e. The SMILES string of the molecule is Cn1ccnc(Sc2cccc(C(=O)O)c2)c1=O. The van der Waals surface area contributed by atoms with Crippen LogP contribution in [0.5, 0.6) is 0 Å². The lowest BCUT2D eigenvalue weighted by atomic mass is 10.2. The quantitative estimate of drug-likeness (QED) is 0.910. The lowest BCUT2D eigenvalue weighted by molar-refractivity contribution is 0.0696. The fourth-order valence-corrected chi connectivity index (χ4v) is 2.25. The van der Waals surface area contributed by atoms with E-state index in [1.165, 1.54) is 22.9 Å². The van der Waals surface area contributed by atoms with Crippen LogP contribution in [0.25, 0.3) is 0 Å². The van der Waals surface area contributed by atoms with Gasteiger partial charge in [0.05, 0.1) is 5.56 Å². The molecule has 0 saturated heterocycles. The van der Waals surface area contributed by atoms with Crippen molar-refractivity contribution < 1.29 is 9.90 Å². The highest BCUT2D eigenvalue weighted by Gasteiger charge is 2.08. The van der Waals surface area contributed by atoms with Gasteiger partial charge in [0.1, 0.15) is 0 Å². The van der Waals surface area contributed by atoms with Gasteiger partial charge in [-0.1, -0.05) is 17.8 Å². The first kappa shape index (κ1) is 12.4. The molecule has 0 aliphatic carbocycles. The summed E-state index contributed by atoms with van der Waals surface area (Å²) in [7, 11) is 1.64. The number of aryl methyl sites for hydroxylation is 1. The highest BCUT2D eigenvalue weighted by molar-refractivity contribution is 7.99. The zero-order valence-corrected chi connectivity index (χ0v) is 10.3. The average molecular weight is 262 g/mol. The first-order valence-electron chi connectivity index (χ1n) is 5.11. The number of aromatic carboxylic acids is 1. The number of benzene rings is 1. The molecule has 0 radical (unpaired) electrons. The second-order valence-corrected chi connectivity index (χ2v) is 4.65. The van der Waals surface area contributed by atoms with Crippen LogP contribution < -0.4 is 5.56 Å². The Hall–Kier alpha value is -2.08. The molecule has 1 aromatic heterocycles. The summed E-state index contributed by atoms with van der Waals surface area (Å²) < 4.78 is 1.43. The van der Waals surface area contributed by atoms with Crippen molar-refractivity contribution in [3.63, 3.8) is 0 Å². The Bertz CT molecular complexity index is 652. The van der Waals surface area contributed by atoms with Gasteiger partial charge in [-0.05, 0) is 18.2 Å². The van der Waals surface area contributed by atoms with E-state index in [0.29, 0.717) is 9.92 Å². The van der Waals surface area contributed by atoms with E-state index < -0.39 is 5.97 Å². The Morgan fingerprint density at radius 1 is 1.44 bits per heavy atom. The maximum atomic E-state index is 11.8. The molecule has 6 heteroatoms. The molecule has 0 amide bonds. The summed E-state index contributed by atoms with van der Waals surface area (Å²) in [4.78, 5) is 27.3. The standard InChI is InChI=1S/C12H10N2O3S/c1-14-6-5-13-10(11(14)15)18-9-4-2-3-8(7-9)12(16)17/h2-7H,1H3,(H,16,17). The molecule has 0 fully saturated rings. The van der Waals surface area contributed by atoms with E-state index in [9.17, 15) is 9.59 Å². The van der Waals surface area contributed by atoms with Gasteiger partial charge in [0.25, 0.3) is 5.56 Å². The van der Waals surface area contributed by atoms with Crippen molar-refractivity contribution in [2.45, 2.75) is 9.92 Å². The second kappa shape index (κ2) is 5.05. The van der Waals surface area contributed by atoms with Crippen LogP contribution in [-0.4, -0.2) is 20.6 Å². The van der Waals surface area contributed by atoms with Crippen molar-refractivity contribution in [3.8, 4) is 0 Å². The number of carbonyl (C=O) groups is 1. The molecule has 5 nitrogen and oxygen atoms in total. The van der Waals surface area contributed by atoms with Crippen LogP contribution in [0, 0.1) is 0 Å². The molecule has 1 N–H and O–H groups in total. The molecule has 0 aliphatic rings. The Morgan fingerprint density at radius 2 is 2.22 bits per heavy atom. The number of carboxylic acids is 1. The lowest BCUT2D eigenvalue weighted by Gasteiger charge is -2.03. The van der Waals surface area contributed by atoms with Crippen LogP contribution in [-0.2, 0) is 7.05 Å². The topological polar surface area (TPSA) is 72.2 Å². The predicted molar refractivity (Wildman–Crippen MR) is 67.0 cm³/mol. The average Bonchev–Trinajstić information content (AvgIpc) is 2.35. The minimum atomic E-state index is -0.994. The first-order valence-corrected chi connectivity index (χ1v) is 5.92. The summed E-state index contributed by atoms with van der Waals surface area (Å²) in [6.45, 7) is 0. The molecule has 18 heavy (non-hydrogen) atoms. The van der Waals surface area contributed by atoms with E-state index in [1.54, 1.807) is 25.4 Å². The van der Waals surface area contributed by atoms with E-state index in [-0.39, 0.29) is 11.1 Å². The van der Waals surface area contributed by atoms with Crippen LogP contribution >= 0.6 is 11.8 Å². The summed E-state index contributed by atoms with van der Waals surface area (Å²) in [5.41, 5.74) is -0.0176. The van der Waals surface area contributed by atoms with Crippen molar-refractivity contribution in [2.75, 3.05) is 0 Å². The maximum Gasteiger partial charge on any atom is 0.335 e. The Morgan fingerprint density at radius 3 is 2.94 bits per heavy atom. The van der Waals surface area contributed by atoms with Gasteiger partial charge in [-0.3, -0.25) is 4.79 Å². The number of rotatable bonds is 3. The lowest BCUT2D eigenvalue weighted by Crippen LogP contribution is -2.18. The number of hydrogen-bond donors (Lipinski definition) is 1. The normalized spacial score (nSPS) is 10.3. The molecule has 1 heterocycles. The van der Waals surface area contributed by atoms with Gasteiger partial charge in [-0.2, -0.15) is 0 Å².